The van der Waals surface area contributed by atoms with Gasteiger partial charge in [-0.1, -0.05) is 37.1 Å². The molecule has 2 aliphatic rings. The third-order valence-corrected chi connectivity index (χ3v) is 4.78. The van der Waals surface area contributed by atoms with E-state index >= 15 is 0 Å². The summed E-state index contributed by atoms with van der Waals surface area (Å²) in [5, 5.41) is 0. The normalized spacial score (nSPS) is 26.6. The Morgan fingerprint density at radius 1 is 1.11 bits per heavy atom. The van der Waals surface area contributed by atoms with Crippen molar-refractivity contribution >= 4 is 0 Å². The van der Waals surface area contributed by atoms with Gasteiger partial charge in [0.2, 0.25) is 0 Å². The lowest BCUT2D eigenvalue weighted by molar-refractivity contribution is 0.112. The summed E-state index contributed by atoms with van der Waals surface area (Å²) < 4.78 is 5.73. The van der Waals surface area contributed by atoms with E-state index in [1.165, 1.54) is 49.7 Å². The summed E-state index contributed by atoms with van der Waals surface area (Å²) in [6.45, 7) is 1.70. The zero-order valence-electron chi connectivity index (χ0n) is 11.0. The number of hydrogen-bond acceptors (Lipinski definition) is 2. The smallest absolute Gasteiger partial charge is 0.0825 e. The fraction of sp³-hybridized carbons (Fsp3) is 0.625. The Labute approximate surface area is 110 Å². The molecule has 0 radical (unpaired) electrons. The van der Waals surface area contributed by atoms with Crippen LogP contribution >= 0.6 is 0 Å². The van der Waals surface area contributed by atoms with Gasteiger partial charge in [-0.15, -0.1) is 0 Å². The molecule has 1 aliphatic heterocycles. The Morgan fingerprint density at radius 3 is 2.39 bits per heavy atom. The van der Waals surface area contributed by atoms with Crippen LogP contribution in [0.3, 0.4) is 0 Å². The van der Waals surface area contributed by atoms with Gasteiger partial charge in [-0.25, -0.2) is 0 Å². The first-order valence-corrected chi connectivity index (χ1v) is 7.26. The van der Waals surface area contributed by atoms with E-state index in [1.54, 1.807) is 0 Å². The molecule has 1 atom stereocenters. The van der Waals surface area contributed by atoms with Gasteiger partial charge >= 0.3 is 0 Å². The summed E-state index contributed by atoms with van der Waals surface area (Å²) in [5.41, 5.74) is 9.06. The summed E-state index contributed by atoms with van der Waals surface area (Å²) in [6, 6.07) is 9.08. The number of ether oxygens (including phenoxy) is 1. The van der Waals surface area contributed by atoms with E-state index in [0.717, 1.165) is 13.2 Å². The lowest BCUT2D eigenvalue weighted by Gasteiger charge is -2.28. The van der Waals surface area contributed by atoms with Crippen LogP contribution in [0.15, 0.2) is 24.3 Å². The molecule has 2 heteroatoms. The maximum atomic E-state index is 6.04. The van der Waals surface area contributed by atoms with E-state index in [2.05, 4.69) is 24.3 Å². The summed E-state index contributed by atoms with van der Waals surface area (Å²) in [4.78, 5) is 0. The van der Waals surface area contributed by atoms with Crippen molar-refractivity contribution in [3.8, 4) is 0 Å². The van der Waals surface area contributed by atoms with E-state index in [9.17, 15) is 0 Å². The second kappa shape index (κ2) is 5.02. The molecule has 1 aliphatic carbocycles. The van der Waals surface area contributed by atoms with Crippen molar-refractivity contribution in [2.45, 2.75) is 50.0 Å². The van der Waals surface area contributed by atoms with Crippen LogP contribution < -0.4 is 5.73 Å². The quantitative estimate of drug-likeness (QED) is 0.886. The van der Waals surface area contributed by atoms with E-state index in [-0.39, 0.29) is 5.41 Å². The highest BCUT2D eigenvalue weighted by molar-refractivity contribution is 5.31. The molecular formula is C16H23NO. The van der Waals surface area contributed by atoms with Gasteiger partial charge in [-0.3, -0.25) is 0 Å². The minimum atomic E-state index is 0.259. The summed E-state index contributed by atoms with van der Waals surface area (Å²) in [7, 11) is 0. The highest BCUT2D eigenvalue weighted by Gasteiger charge is 2.34. The van der Waals surface area contributed by atoms with E-state index in [4.69, 9.17) is 10.5 Å². The van der Waals surface area contributed by atoms with Gasteiger partial charge in [0.1, 0.15) is 0 Å². The number of benzene rings is 1. The van der Waals surface area contributed by atoms with E-state index < -0.39 is 0 Å². The zero-order chi connectivity index (χ0) is 12.4. The van der Waals surface area contributed by atoms with Gasteiger partial charge < -0.3 is 10.5 Å². The molecule has 3 rings (SSSR count). The second-order valence-electron chi connectivity index (χ2n) is 5.82. The average molecular weight is 245 g/mol. The average Bonchev–Trinajstić information content (AvgIpc) is 3.11. The summed E-state index contributed by atoms with van der Waals surface area (Å²) in [5.74, 6) is 0. The first-order chi connectivity index (χ1) is 8.84. The molecular weight excluding hydrogens is 222 g/mol. The van der Waals surface area contributed by atoms with Crippen LogP contribution in [-0.4, -0.2) is 13.2 Å². The Morgan fingerprint density at radius 2 is 1.83 bits per heavy atom. The third-order valence-electron chi connectivity index (χ3n) is 4.78. The monoisotopic (exact) mass is 245 g/mol. The predicted octanol–water partition coefficient (Wildman–Crippen LogP) is 3.31. The SMILES string of the molecule is NCC1(c2ccc(C3CCCO3)cc2)CCCC1. The van der Waals surface area contributed by atoms with Crippen molar-refractivity contribution in [1.82, 2.24) is 0 Å². The molecule has 1 aromatic carbocycles. The molecule has 1 heterocycles. The summed E-state index contributed by atoms with van der Waals surface area (Å²) >= 11 is 0. The number of nitrogens with two attached hydrogens (primary N) is 1. The lowest BCUT2D eigenvalue weighted by Crippen LogP contribution is -2.31. The van der Waals surface area contributed by atoms with Gasteiger partial charge in [0.15, 0.2) is 0 Å². The van der Waals surface area contributed by atoms with Gasteiger partial charge in [-0.2, -0.15) is 0 Å². The van der Waals surface area contributed by atoms with Crippen molar-refractivity contribution in [3.05, 3.63) is 35.4 Å². The van der Waals surface area contributed by atoms with Gasteiger partial charge in [0.25, 0.3) is 0 Å². The molecule has 2 nitrogen and oxygen atoms in total. The minimum Gasteiger partial charge on any atom is -0.374 e. The molecule has 0 amide bonds. The molecule has 0 aromatic heterocycles. The molecule has 1 saturated heterocycles. The van der Waals surface area contributed by atoms with Crippen molar-refractivity contribution in [2.75, 3.05) is 13.2 Å². The number of rotatable bonds is 3. The summed E-state index contributed by atoms with van der Waals surface area (Å²) in [6.07, 6.45) is 7.85. The molecule has 0 bridgehead atoms. The van der Waals surface area contributed by atoms with Gasteiger partial charge in [0, 0.05) is 18.6 Å². The fourth-order valence-corrected chi connectivity index (χ4v) is 3.55. The molecule has 2 N–H and O–H groups in total. The Kier molecular flexibility index (Phi) is 3.40. The third kappa shape index (κ3) is 2.08. The molecule has 0 spiro atoms. The Hall–Kier alpha value is -0.860. The number of hydrogen-bond donors (Lipinski definition) is 1. The van der Waals surface area contributed by atoms with Crippen LogP contribution in [0.5, 0.6) is 0 Å². The maximum Gasteiger partial charge on any atom is 0.0825 e. The topological polar surface area (TPSA) is 35.2 Å². The van der Waals surface area contributed by atoms with Crippen LogP contribution in [-0.2, 0) is 10.2 Å². The highest BCUT2D eigenvalue weighted by atomic mass is 16.5. The first kappa shape index (κ1) is 12.2. The maximum absolute atomic E-state index is 6.04. The highest BCUT2D eigenvalue weighted by Crippen LogP contribution is 2.40. The van der Waals surface area contributed by atoms with Crippen LogP contribution in [0, 0.1) is 0 Å². The Bertz CT molecular complexity index is 386. The fourth-order valence-electron chi connectivity index (χ4n) is 3.55. The Balaban J connectivity index is 1.81. The molecule has 18 heavy (non-hydrogen) atoms. The molecule has 2 fully saturated rings. The van der Waals surface area contributed by atoms with Crippen molar-refractivity contribution in [1.29, 1.82) is 0 Å². The molecule has 98 valence electrons. The van der Waals surface area contributed by atoms with Gasteiger partial charge in [0.05, 0.1) is 6.10 Å². The van der Waals surface area contributed by atoms with Crippen molar-refractivity contribution in [2.24, 2.45) is 5.73 Å². The van der Waals surface area contributed by atoms with Crippen molar-refractivity contribution < 1.29 is 4.74 Å². The van der Waals surface area contributed by atoms with E-state index in [1.807, 2.05) is 0 Å². The zero-order valence-corrected chi connectivity index (χ0v) is 11.0. The standard InChI is InChI=1S/C16H23NO/c17-12-16(9-1-2-10-16)14-7-5-13(6-8-14)15-4-3-11-18-15/h5-8,15H,1-4,9-12,17H2. The molecule has 1 saturated carbocycles. The van der Waals surface area contributed by atoms with Crippen molar-refractivity contribution in [3.63, 3.8) is 0 Å². The largest absolute Gasteiger partial charge is 0.374 e. The first-order valence-electron chi connectivity index (χ1n) is 7.26. The van der Waals surface area contributed by atoms with Gasteiger partial charge in [-0.05, 0) is 36.8 Å². The minimum absolute atomic E-state index is 0.259. The second-order valence-corrected chi connectivity index (χ2v) is 5.82. The van der Waals surface area contributed by atoms with E-state index in [0.29, 0.717) is 6.10 Å². The predicted molar refractivity (Wildman–Crippen MR) is 73.6 cm³/mol. The van der Waals surface area contributed by atoms with Crippen LogP contribution in [0.2, 0.25) is 0 Å². The lowest BCUT2D eigenvalue weighted by atomic mass is 9.78. The van der Waals surface area contributed by atoms with Crippen LogP contribution in [0.1, 0.15) is 55.8 Å². The molecule has 1 unspecified atom stereocenters. The van der Waals surface area contributed by atoms with Crippen LogP contribution in [0.25, 0.3) is 0 Å². The van der Waals surface area contributed by atoms with Crippen LogP contribution in [0.4, 0.5) is 0 Å². The molecule has 1 aromatic rings.